The molecule has 35 heavy (non-hydrogen) atoms. The number of aromatic amines is 1. The molecule has 2 aliphatic rings. The van der Waals surface area contributed by atoms with Crippen LogP contribution in [0.5, 0.6) is 5.75 Å². The van der Waals surface area contributed by atoms with Gasteiger partial charge in [0.1, 0.15) is 11.8 Å². The minimum atomic E-state index is 0.0459. The number of anilines is 1. The van der Waals surface area contributed by atoms with Crippen molar-refractivity contribution in [1.29, 1.82) is 0 Å². The van der Waals surface area contributed by atoms with Crippen LogP contribution in [0.25, 0.3) is 22.7 Å². The Hall–Kier alpha value is -4.24. The normalized spacial score (nSPS) is 16.0. The van der Waals surface area contributed by atoms with Gasteiger partial charge in [0.05, 0.1) is 7.11 Å². The molecule has 0 aliphatic carbocycles. The molecule has 0 bridgehead atoms. The van der Waals surface area contributed by atoms with Gasteiger partial charge in [0.25, 0.3) is 0 Å². The molecule has 0 spiro atoms. The van der Waals surface area contributed by atoms with E-state index in [1.54, 1.807) is 7.11 Å². The number of H-pyrrole nitrogens is 1. The molecule has 0 amide bonds. The van der Waals surface area contributed by atoms with Crippen LogP contribution in [0.1, 0.15) is 45.1 Å². The van der Waals surface area contributed by atoms with E-state index in [-0.39, 0.29) is 6.04 Å². The van der Waals surface area contributed by atoms with Crippen LogP contribution in [-0.4, -0.2) is 12.1 Å². The third kappa shape index (κ3) is 3.05. The molecule has 170 valence electrons. The second-order valence-corrected chi connectivity index (χ2v) is 9.53. The van der Waals surface area contributed by atoms with Crippen molar-refractivity contribution >= 4 is 28.4 Å². The molecule has 3 heteroatoms. The predicted molar refractivity (Wildman–Crippen MR) is 144 cm³/mol. The molecular formula is C32H26N2O. The van der Waals surface area contributed by atoms with E-state index < -0.39 is 0 Å². The Morgan fingerprint density at radius 1 is 0.886 bits per heavy atom. The summed E-state index contributed by atoms with van der Waals surface area (Å²) in [6.07, 6.45) is 3.22. The maximum Gasteiger partial charge on any atom is 0.119 e. The van der Waals surface area contributed by atoms with Crippen LogP contribution in [0.3, 0.4) is 0 Å². The quantitative estimate of drug-likeness (QED) is 0.299. The van der Waals surface area contributed by atoms with Gasteiger partial charge in [-0.05, 0) is 65.1 Å². The zero-order valence-corrected chi connectivity index (χ0v) is 19.9. The number of rotatable bonds is 2. The SMILES string of the molecule is COc1ccc2[nH]c3c(c2c1)Cc1ccccc1N1C(c2ccc(C)cc2)=Cc2ccccc2C31. The summed E-state index contributed by atoms with van der Waals surface area (Å²) in [7, 11) is 1.74. The molecule has 5 aromatic rings. The van der Waals surface area contributed by atoms with Crippen molar-refractivity contribution in [2.24, 2.45) is 0 Å². The number of benzene rings is 4. The molecule has 0 fully saturated rings. The highest BCUT2D eigenvalue weighted by Gasteiger charge is 2.37. The minimum Gasteiger partial charge on any atom is -0.497 e. The van der Waals surface area contributed by atoms with Gasteiger partial charge in [-0.2, -0.15) is 0 Å². The molecule has 0 saturated carbocycles. The molecule has 7 rings (SSSR count). The standard InChI is InChI=1S/C32H26N2O/c1-20-11-13-21(14-12-20)30-18-22-7-3-5-9-25(22)32-31-27(17-23-8-4-6-10-29(23)34(30)32)26-19-24(35-2)15-16-28(26)33-31/h3-16,18-19,32-33H,17H2,1-2H3. The summed E-state index contributed by atoms with van der Waals surface area (Å²) >= 11 is 0. The molecule has 3 heterocycles. The van der Waals surface area contributed by atoms with Crippen molar-refractivity contribution in [1.82, 2.24) is 4.98 Å². The Morgan fingerprint density at radius 2 is 1.69 bits per heavy atom. The van der Waals surface area contributed by atoms with E-state index in [0.29, 0.717) is 0 Å². The molecule has 3 nitrogen and oxygen atoms in total. The largest absolute Gasteiger partial charge is 0.497 e. The number of nitrogens with zero attached hydrogens (tertiary/aromatic N) is 1. The van der Waals surface area contributed by atoms with Crippen LogP contribution in [0.4, 0.5) is 5.69 Å². The van der Waals surface area contributed by atoms with E-state index in [0.717, 1.165) is 17.7 Å². The Morgan fingerprint density at radius 3 is 2.54 bits per heavy atom. The predicted octanol–water partition coefficient (Wildman–Crippen LogP) is 7.50. The Kier molecular flexibility index (Phi) is 4.40. The van der Waals surface area contributed by atoms with Crippen molar-refractivity contribution in [3.63, 3.8) is 0 Å². The summed E-state index contributed by atoms with van der Waals surface area (Å²) in [6.45, 7) is 2.14. The summed E-state index contributed by atoms with van der Waals surface area (Å²) in [5.41, 5.74) is 12.7. The lowest BCUT2D eigenvalue weighted by molar-refractivity contribution is 0.415. The number of ether oxygens (including phenoxy) is 1. The first kappa shape index (κ1) is 20.2. The number of aryl methyl sites for hydroxylation is 1. The van der Waals surface area contributed by atoms with Gasteiger partial charge in [-0.3, -0.25) is 0 Å². The van der Waals surface area contributed by atoms with E-state index >= 15 is 0 Å². The Bertz CT molecular complexity index is 1620. The first-order chi connectivity index (χ1) is 17.2. The van der Waals surface area contributed by atoms with Gasteiger partial charge in [-0.1, -0.05) is 72.3 Å². The smallest absolute Gasteiger partial charge is 0.119 e. The first-order valence-corrected chi connectivity index (χ1v) is 12.1. The highest BCUT2D eigenvalue weighted by Crippen LogP contribution is 2.50. The molecule has 1 unspecified atom stereocenters. The third-order valence-electron chi connectivity index (χ3n) is 7.49. The third-order valence-corrected chi connectivity index (χ3v) is 7.49. The number of methoxy groups -OCH3 is 1. The van der Waals surface area contributed by atoms with Gasteiger partial charge in [-0.15, -0.1) is 0 Å². The molecule has 0 radical (unpaired) electrons. The topological polar surface area (TPSA) is 28.3 Å². The number of aromatic nitrogens is 1. The fourth-order valence-corrected chi connectivity index (χ4v) is 5.77. The van der Waals surface area contributed by atoms with E-state index in [1.807, 2.05) is 6.07 Å². The lowest BCUT2D eigenvalue weighted by Gasteiger charge is -2.39. The zero-order valence-electron chi connectivity index (χ0n) is 19.9. The van der Waals surface area contributed by atoms with E-state index in [9.17, 15) is 0 Å². The van der Waals surface area contributed by atoms with Crippen LogP contribution in [-0.2, 0) is 6.42 Å². The number of para-hydroxylation sites is 1. The fraction of sp³-hybridized carbons (Fsp3) is 0.125. The van der Waals surface area contributed by atoms with Crippen LogP contribution >= 0.6 is 0 Å². The maximum absolute atomic E-state index is 5.60. The summed E-state index contributed by atoms with van der Waals surface area (Å²) < 4.78 is 5.60. The van der Waals surface area contributed by atoms with Crippen molar-refractivity contribution in [2.75, 3.05) is 12.0 Å². The molecular weight excluding hydrogens is 428 g/mol. The molecule has 0 saturated heterocycles. The average molecular weight is 455 g/mol. The molecule has 4 aromatic carbocycles. The summed E-state index contributed by atoms with van der Waals surface area (Å²) in [5, 5.41) is 1.24. The zero-order chi connectivity index (χ0) is 23.5. The van der Waals surface area contributed by atoms with Crippen molar-refractivity contribution in [3.8, 4) is 5.75 Å². The average Bonchev–Trinajstić information content (AvgIpc) is 3.17. The van der Waals surface area contributed by atoms with Crippen LogP contribution in [0, 0.1) is 6.92 Å². The van der Waals surface area contributed by atoms with Crippen LogP contribution < -0.4 is 9.64 Å². The van der Waals surface area contributed by atoms with Crippen LogP contribution in [0.2, 0.25) is 0 Å². The van der Waals surface area contributed by atoms with E-state index in [4.69, 9.17) is 4.74 Å². The number of hydrogen-bond acceptors (Lipinski definition) is 2. The highest BCUT2D eigenvalue weighted by atomic mass is 16.5. The second kappa shape index (κ2) is 7.64. The summed E-state index contributed by atoms with van der Waals surface area (Å²) in [4.78, 5) is 6.38. The summed E-state index contributed by atoms with van der Waals surface area (Å²) in [5.74, 6) is 0.887. The monoisotopic (exact) mass is 454 g/mol. The first-order valence-electron chi connectivity index (χ1n) is 12.1. The lowest BCUT2D eigenvalue weighted by Crippen LogP contribution is -2.31. The molecule has 1 atom stereocenters. The number of hydrogen-bond donors (Lipinski definition) is 1. The summed E-state index contributed by atoms with van der Waals surface area (Å²) in [6, 6.07) is 33.0. The number of nitrogens with one attached hydrogen (secondary N) is 1. The van der Waals surface area contributed by atoms with E-state index in [2.05, 4.69) is 108 Å². The maximum atomic E-state index is 5.60. The van der Waals surface area contributed by atoms with Crippen LogP contribution in [0.15, 0.2) is 91.0 Å². The van der Waals surface area contributed by atoms with Gasteiger partial charge in [0.15, 0.2) is 0 Å². The van der Waals surface area contributed by atoms with Crippen molar-refractivity contribution in [2.45, 2.75) is 19.4 Å². The molecule has 1 aromatic heterocycles. The van der Waals surface area contributed by atoms with Gasteiger partial charge in [0.2, 0.25) is 0 Å². The Labute approximate surface area is 205 Å². The highest BCUT2D eigenvalue weighted by molar-refractivity contribution is 5.97. The van der Waals surface area contributed by atoms with Gasteiger partial charge in [-0.25, -0.2) is 0 Å². The van der Waals surface area contributed by atoms with Gasteiger partial charge in [0, 0.05) is 34.4 Å². The molecule has 1 N–H and O–H groups in total. The second-order valence-electron chi connectivity index (χ2n) is 9.53. The Balaban J connectivity index is 1.57. The van der Waals surface area contributed by atoms with Gasteiger partial charge < -0.3 is 14.6 Å². The van der Waals surface area contributed by atoms with Crippen molar-refractivity contribution < 1.29 is 4.74 Å². The lowest BCUT2D eigenvalue weighted by atomic mass is 9.88. The molecule has 2 aliphatic heterocycles. The minimum absolute atomic E-state index is 0.0459. The van der Waals surface area contributed by atoms with Gasteiger partial charge >= 0.3 is 0 Å². The van der Waals surface area contributed by atoms with E-state index in [1.165, 1.54) is 55.8 Å². The number of fused-ring (bicyclic) bond motifs is 9. The van der Waals surface area contributed by atoms with Crippen molar-refractivity contribution in [3.05, 3.63) is 130 Å². The fourth-order valence-electron chi connectivity index (χ4n) is 5.77.